The lowest BCUT2D eigenvalue weighted by Gasteiger charge is -2.12. The predicted molar refractivity (Wildman–Crippen MR) is 103 cm³/mol. The molecule has 7 heteroatoms. The highest BCUT2D eigenvalue weighted by molar-refractivity contribution is 6.32. The van der Waals surface area contributed by atoms with Gasteiger partial charge in [0.05, 0.1) is 12.8 Å². The van der Waals surface area contributed by atoms with Crippen molar-refractivity contribution in [2.45, 2.75) is 6.92 Å². The van der Waals surface area contributed by atoms with Crippen molar-refractivity contribution in [2.75, 3.05) is 19.0 Å². The van der Waals surface area contributed by atoms with Crippen LogP contribution in [-0.4, -0.2) is 25.6 Å². The molecule has 2 aromatic rings. The van der Waals surface area contributed by atoms with E-state index in [4.69, 9.17) is 32.7 Å². The van der Waals surface area contributed by atoms with E-state index in [0.29, 0.717) is 27.0 Å². The number of carbonyl (C=O) groups is 2. The van der Waals surface area contributed by atoms with Gasteiger partial charge in [0.2, 0.25) is 0 Å². The molecule has 0 aliphatic carbocycles. The lowest BCUT2D eigenvalue weighted by atomic mass is 10.2. The molecule has 0 atom stereocenters. The first-order chi connectivity index (χ1) is 12.4. The lowest BCUT2D eigenvalue weighted by molar-refractivity contribution is -0.142. The lowest BCUT2D eigenvalue weighted by Crippen LogP contribution is -2.20. The van der Waals surface area contributed by atoms with Gasteiger partial charge in [-0.3, -0.25) is 4.79 Å². The molecule has 2 aromatic carbocycles. The second-order valence-electron chi connectivity index (χ2n) is 5.31. The average Bonchev–Trinajstić information content (AvgIpc) is 2.62. The Morgan fingerprint density at radius 3 is 2.58 bits per heavy atom. The van der Waals surface area contributed by atoms with Crippen molar-refractivity contribution in [1.82, 2.24) is 0 Å². The maximum atomic E-state index is 12.0. The summed E-state index contributed by atoms with van der Waals surface area (Å²) < 4.78 is 10.1. The highest BCUT2D eigenvalue weighted by Gasteiger charge is 2.11. The first-order valence-electron chi connectivity index (χ1n) is 7.64. The van der Waals surface area contributed by atoms with E-state index in [1.807, 2.05) is 0 Å². The van der Waals surface area contributed by atoms with E-state index in [2.05, 4.69) is 5.32 Å². The van der Waals surface area contributed by atoms with Gasteiger partial charge in [0, 0.05) is 22.2 Å². The molecule has 0 saturated heterocycles. The summed E-state index contributed by atoms with van der Waals surface area (Å²) in [5.41, 5.74) is 1.90. The van der Waals surface area contributed by atoms with Gasteiger partial charge in [-0.25, -0.2) is 4.79 Å². The maximum absolute atomic E-state index is 12.0. The summed E-state index contributed by atoms with van der Waals surface area (Å²) in [7, 11) is 1.47. The van der Waals surface area contributed by atoms with Crippen molar-refractivity contribution in [3.8, 4) is 5.75 Å². The number of nitrogens with one attached hydrogen (secondary N) is 1. The fourth-order valence-electron chi connectivity index (χ4n) is 2.07. The zero-order valence-corrected chi connectivity index (χ0v) is 15.7. The molecule has 5 nitrogen and oxygen atoms in total. The monoisotopic (exact) mass is 393 g/mol. The van der Waals surface area contributed by atoms with Gasteiger partial charge in [-0.15, -0.1) is 0 Å². The number of rotatable bonds is 6. The molecule has 2 rings (SSSR count). The molecule has 0 unspecified atom stereocenters. The second kappa shape index (κ2) is 9.27. The number of hydrogen-bond donors (Lipinski definition) is 1. The van der Waals surface area contributed by atoms with Crippen molar-refractivity contribution in [1.29, 1.82) is 0 Å². The number of halogens is 2. The predicted octanol–water partition coefficient (Wildman–Crippen LogP) is 4.51. The summed E-state index contributed by atoms with van der Waals surface area (Å²) in [6.45, 7) is 1.37. The van der Waals surface area contributed by atoms with Gasteiger partial charge < -0.3 is 14.8 Å². The van der Waals surface area contributed by atoms with Crippen LogP contribution in [0.15, 0.2) is 42.5 Å². The zero-order valence-electron chi connectivity index (χ0n) is 14.2. The third-order valence-electron chi connectivity index (χ3n) is 3.40. The summed E-state index contributed by atoms with van der Waals surface area (Å²) in [6, 6.07) is 10.3. The molecule has 26 heavy (non-hydrogen) atoms. The van der Waals surface area contributed by atoms with Crippen LogP contribution in [-0.2, 0) is 14.3 Å². The molecule has 1 N–H and O–H groups in total. The Morgan fingerprint density at radius 2 is 1.88 bits per heavy atom. The number of carbonyl (C=O) groups excluding carboxylic acids is 2. The fraction of sp³-hybridized carbons (Fsp3) is 0.158. The average molecular weight is 394 g/mol. The molecule has 0 heterocycles. The Morgan fingerprint density at radius 1 is 1.15 bits per heavy atom. The van der Waals surface area contributed by atoms with Gasteiger partial charge in [-0.05, 0) is 36.3 Å². The molecule has 0 saturated carbocycles. The molecule has 0 bridgehead atoms. The molecule has 0 spiro atoms. The van der Waals surface area contributed by atoms with Gasteiger partial charge in [-0.2, -0.15) is 0 Å². The van der Waals surface area contributed by atoms with Crippen molar-refractivity contribution < 1.29 is 19.1 Å². The highest BCUT2D eigenvalue weighted by atomic mass is 35.5. The minimum absolute atomic E-state index is 0.416. The van der Waals surface area contributed by atoms with E-state index >= 15 is 0 Å². The Labute approximate surface area is 161 Å². The summed E-state index contributed by atoms with van der Waals surface area (Å²) in [4.78, 5) is 23.7. The van der Waals surface area contributed by atoms with Gasteiger partial charge in [0.1, 0.15) is 5.75 Å². The third kappa shape index (κ3) is 5.51. The van der Waals surface area contributed by atoms with Crippen LogP contribution in [0.5, 0.6) is 5.75 Å². The van der Waals surface area contributed by atoms with E-state index in [-0.39, 0.29) is 0 Å². The molecular weight excluding hydrogens is 377 g/mol. The molecule has 0 fully saturated rings. The second-order valence-corrected chi connectivity index (χ2v) is 6.13. The van der Waals surface area contributed by atoms with E-state index in [0.717, 1.165) is 5.56 Å². The maximum Gasteiger partial charge on any atom is 0.331 e. The van der Waals surface area contributed by atoms with Gasteiger partial charge >= 0.3 is 5.97 Å². The summed E-state index contributed by atoms with van der Waals surface area (Å²) in [5.74, 6) is -0.734. The minimum Gasteiger partial charge on any atom is -0.495 e. The summed E-state index contributed by atoms with van der Waals surface area (Å²) in [5, 5.41) is 3.66. The number of aryl methyl sites for hydroxylation is 1. The van der Waals surface area contributed by atoms with Crippen LogP contribution < -0.4 is 10.1 Å². The van der Waals surface area contributed by atoms with Gasteiger partial charge in [0.15, 0.2) is 6.61 Å². The van der Waals surface area contributed by atoms with Crippen molar-refractivity contribution in [2.24, 2.45) is 0 Å². The number of amides is 1. The summed E-state index contributed by atoms with van der Waals surface area (Å²) in [6.07, 6.45) is 2.73. The van der Waals surface area contributed by atoms with Crippen LogP contribution >= 0.6 is 23.2 Å². The third-order valence-corrected chi connectivity index (χ3v) is 4.16. The number of benzene rings is 2. The molecule has 1 amide bonds. The van der Waals surface area contributed by atoms with Crippen LogP contribution in [0.4, 0.5) is 5.69 Å². The topological polar surface area (TPSA) is 64.6 Å². The highest BCUT2D eigenvalue weighted by Crippen LogP contribution is 2.30. The number of hydrogen-bond acceptors (Lipinski definition) is 4. The largest absolute Gasteiger partial charge is 0.495 e. The molecule has 0 aliphatic heterocycles. The van der Waals surface area contributed by atoms with Crippen LogP contribution in [0.1, 0.15) is 11.1 Å². The standard InChI is InChI=1S/C19H17Cl2NO4/c1-12-9-16(17(25-2)10-15(12)21)22-18(23)11-26-19(24)8-7-13-5-3-4-6-14(13)20/h3-10H,11H2,1-2H3,(H,22,23)/b8-7+. The Bertz CT molecular complexity index is 849. The van der Waals surface area contributed by atoms with Crippen LogP contribution in [0.2, 0.25) is 10.0 Å². The smallest absolute Gasteiger partial charge is 0.331 e. The van der Waals surface area contributed by atoms with Crippen LogP contribution in [0, 0.1) is 6.92 Å². The molecule has 0 radical (unpaired) electrons. The molecular formula is C19H17Cl2NO4. The first kappa shape index (κ1) is 19.8. The van der Waals surface area contributed by atoms with Gasteiger partial charge in [0.25, 0.3) is 5.91 Å². The minimum atomic E-state index is -0.653. The summed E-state index contributed by atoms with van der Waals surface area (Å²) >= 11 is 12.0. The Kier molecular flexibility index (Phi) is 7.06. The molecule has 136 valence electrons. The van der Waals surface area contributed by atoms with E-state index in [9.17, 15) is 9.59 Å². The molecule has 0 aromatic heterocycles. The fourth-order valence-corrected chi connectivity index (χ4v) is 2.42. The van der Waals surface area contributed by atoms with Crippen molar-refractivity contribution >= 4 is 46.8 Å². The Balaban J connectivity index is 1.92. The normalized spacial score (nSPS) is 10.6. The van der Waals surface area contributed by atoms with E-state index in [1.165, 1.54) is 19.3 Å². The van der Waals surface area contributed by atoms with Crippen molar-refractivity contribution in [3.63, 3.8) is 0 Å². The number of ether oxygens (including phenoxy) is 2. The Hall–Kier alpha value is -2.50. The van der Waals surface area contributed by atoms with Crippen LogP contribution in [0.25, 0.3) is 6.08 Å². The van der Waals surface area contributed by atoms with Crippen molar-refractivity contribution in [3.05, 3.63) is 63.6 Å². The molecule has 0 aliphatic rings. The SMILES string of the molecule is COc1cc(Cl)c(C)cc1NC(=O)COC(=O)/C=C/c1ccccc1Cl. The van der Waals surface area contributed by atoms with Crippen LogP contribution in [0.3, 0.4) is 0 Å². The quantitative estimate of drug-likeness (QED) is 0.579. The number of anilines is 1. The zero-order chi connectivity index (χ0) is 19.1. The van der Waals surface area contributed by atoms with E-state index in [1.54, 1.807) is 43.3 Å². The van der Waals surface area contributed by atoms with Gasteiger partial charge in [-0.1, -0.05) is 41.4 Å². The number of methoxy groups -OCH3 is 1. The first-order valence-corrected chi connectivity index (χ1v) is 8.39. The van der Waals surface area contributed by atoms with E-state index < -0.39 is 18.5 Å². The number of esters is 1.